The van der Waals surface area contributed by atoms with E-state index in [1.165, 1.54) is 16.6 Å². The Morgan fingerprint density at radius 3 is 2.80 bits per heavy atom. The van der Waals surface area contributed by atoms with Crippen LogP contribution in [0.5, 0.6) is 0 Å². The molecule has 78 valence electrons. The van der Waals surface area contributed by atoms with Gasteiger partial charge in [-0.15, -0.1) is 6.58 Å². The minimum atomic E-state index is 0.459. The smallest absolute Gasteiger partial charge is 0.0728 e. The van der Waals surface area contributed by atoms with E-state index in [9.17, 15) is 0 Å². The van der Waals surface area contributed by atoms with Gasteiger partial charge in [0.25, 0.3) is 0 Å². The van der Waals surface area contributed by atoms with E-state index in [0.717, 1.165) is 6.54 Å². The van der Waals surface area contributed by atoms with Crippen molar-refractivity contribution in [1.82, 2.24) is 9.78 Å². The van der Waals surface area contributed by atoms with Crippen LogP contribution in [0, 0.1) is 0 Å². The Labute approximate surface area is 90.2 Å². The summed E-state index contributed by atoms with van der Waals surface area (Å²) in [7, 11) is 0. The molecule has 2 heteroatoms. The summed E-state index contributed by atoms with van der Waals surface area (Å²) in [5.41, 5.74) is 2.37. The molecule has 1 heterocycles. The lowest BCUT2D eigenvalue weighted by Crippen LogP contribution is -1.98. The van der Waals surface area contributed by atoms with E-state index < -0.39 is 0 Å². The lowest BCUT2D eigenvalue weighted by molar-refractivity contribution is 0.687. The molecule has 2 aromatic rings. The van der Waals surface area contributed by atoms with Crippen LogP contribution in [0.15, 0.2) is 36.9 Å². The first-order valence-corrected chi connectivity index (χ1v) is 5.30. The zero-order valence-electron chi connectivity index (χ0n) is 9.27. The van der Waals surface area contributed by atoms with Crippen LogP contribution >= 0.6 is 0 Å². The first-order chi connectivity index (χ1) is 7.24. The highest BCUT2D eigenvalue weighted by atomic mass is 15.3. The highest BCUT2D eigenvalue weighted by molar-refractivity contribution is 5.82. The maximum absolute atomic E-state index is 4.62. The molecule has 0 atom stereocenters. The van der Waals surface area contributed by atoms with Crippen molar-refractivity contribution >= 4 is 10.9 Å². The Hall–Kier alpha value is -1.57. The van der Waals surface area contributed by atoms with E-state index in [1.807, 2.05) is 16.8 Å². The van der Waals surface area contributed by atoms with E-state index in [2.05, 4.69) is 43.7 Å². The van der Waals surface area contributed by atoms with E-state index in [0.29, 0.717) is 5.92 Å². The van der Waals surface area contributed by atoms with Crippen LogP contribution < -0.4 is 0 Å². The highest BCUT2D eigenvalue weighted by Gasteiger charge is 2.11. The summed E-state index contributed by atoms with van der Waals surface area (Å²) in [6.45, 7) is 8.87. The second-order valence-electron chi connectivity index (χ2n) is 4.03. The molecule has 0 fully saturated rings. The van der Waals surface area contributed by atoms with Crippen LogP contribution in [0.2, 0.25) is 0 Å². The van der Waals surface area contributed by atoms with E-state index in [-0.39, 0.29) is 0 Å². The SMILES string of the molecule is C=CCn1nc(C(C)C)c2ccccc21. The van der Waals surface area contributed by atoms with Gasteiger partial charge in [-0.2, -0.15) is 5.10 Å². The normalized spacial score (nSPS) is 11.1. The summed E-state index contributed by atoms with van der Waals surface area (Å²) < 4.78 is 2.01. The summed E-state index contributed by atoms with van der Waals surface area (Å²) in [6, 6.07) is 8.36. The van der Waals surface area contributed by atoms with E-state index in [1.54, 1.807) is 0 Å². The first-order valence-electron chi connectivity index (χ1n) is 5.30. The van der Waals surface area contributed by atoms with Gasteiger partial charge in [0.1, 0.15) is 0 Å². The predicted octanol–water partition coefficient (Wildman–Crippen LogP) is 3.35. The zero-order chi connectivity index (χ0) is 10.8. The van der Waals surface area contributed by atoms with Crippen molar-refractivity contribution in [2.75, 3.05) is 0 Å². The Morgan fingerprint density at radius 1 is 1.40 bits per heavy atom. The number of rotatable bonds is 3. The maximum atomic E-state index is 4.62. The lowest BCUT2D eigenvalue weighted by atomic mass is 10.1. The quantitative estimate of drug-likeness (QED) is 0.695. The molecule has 0 radical (unpaired) electrons. The van der Waals surface area contributed by atoms with Gasteiger partial charge in [0, 0.05) is 5.39 Å². The van der Waals surface area contributed by atoms with Crippen LogP contribution in [0.1, 0.15) is 25.5 Å². The molecule has 0 aliphatic carbocycles. The molecule has 0 amide bonds. The van der Waals surface area contributed by atoms with Crippen LogP contribution in [-0.4, -0.2) is 9.78 Å². The molecule has 15 heavy (non-hydrogen) atoms. The molecule has 0 N–H and O–H groups in total. The average Bonchev–Trinajstić information content (AvgIpc) is 2.59. The van der Waals surface area contributed by atoms with Gasteiger partial charge >= 0.3 is 0 Å². The van der Waals surface area contributed by atoms with Crippen LogP contribution in [0.25, 0.3) is 10.9 Å². The van der Waals surface area contributed by atoms with Crippen molar-refractivity contribution in [3.8, 4) is 0 Å². The molecule has 1 aromatic heterocycles. The Balaban J connectivity index is 2.67. The molecule has 2 rings (SSSR count). The third-order valence-corrected chi connectivity index (χ3v) is 2.54. The fraction of sp³-hybridized carbons (Fsp3) is 0.308. The minimum absolute atomic E-state index is 0.459. The third kappa shape index (κ3) is 1.67. The van der Waals surface area contributed by atoms with Gasteiger partial charge in [-0.1, -0.05) is 38.1 Å². The topological polar surface area (TPSA) is 17.8 Å². The van der Waals surface area contributed by atoms with Gasteiger partial charge in [-0.25, -0.2) is 0 Å². The van der Waals surface area contributed by atoms with Gasteiger partial charge in [-0.05, 0) is 12.0 Å². The van der Waals surface area contributed by atoms with Crippen LogP contribution in [0.4, 0.5) is 0 Å². The Kier molecular flexibility index (Phi) is 2.58. The van der Waals surface area contributed by atoms with Gasteiger partial charge in [0.2, 0.25) is 0 Å². The van der Waals surface area contributed by atoms with Crippen LogP contribution in [0.3, 0.4) is 0 Å². The summed E-state index contributed by atoms with van der Waals surface area (Å²) in [4.78, 5) is 0. The molecular formula is C13H16N2. The van der Waals surface area contributed by atoms with Crippen LogP contribution in [-0.2, 0) is 6.54 Å². The fourth-order valence-electron chi connectivity index (χ4n) is 1.84. The summed E-state index contributed by atoms with van der Waals surface area (Å²) in [5, 5.41) is 5.88. The van der Waals surface area contributed by atoms with Gasteiger partial charge in [0.15, 0.2) is 0 Å². The Bertz CT molecular complexity index is 480. The minimum Gasteiger partial charge on any atom is -0.261 e. The number of para-hydroxylation sites is 1. The molecular weight excluding hydrogens is 184 g/mol. The number of hydrogen-bond donors (Lipinski definition) is 0. The molecule has 0 unspecified atom stereocenters. The molecule has 0 bridgehead atoms. The number of hydrogen-bond acceptors (Lipinski definition) is 1. The summed E-state index contributed by atoms with van der Waals surface area (Å²) in [5.74, 6) is 0.459. The van der Waals surface area contributed by atoms with E-state index >= 15 is 0 Å². The standard InChI is InChI=1S/C13H16N2/c1-4-9-15-12-8-6-5-7-11(12)13(14-15)10(2)3/h4-8,10H,1,9H2,2-3H3. The summed E-state index contributed by atoms with van der Waals surface area (Å²) >= 11 is 0. The number of benzene rings is 1. The van der Waals surface area contributed by atoms with Crippen molar-refractivity contribution in [2.45, 2.75) is 26.3 Å². The van der Waals surface area contributed by atoms with E-state index in [4.69, 9.17) is 0 Å². The van der Waals surface area contributed by atoms with Crippen molar-refractivity contribution in [1.29, 1.82) is 0 Å². The van der Waals surface area contributed by atoms with Crippen molar-refractivity contribution in [3.05, 3.63) is 42.6 Å². The fourth-order valence-corrected chi connectivity index (χ4v) is 1.84. The number of allylic oxidation sites excluding steroid dienone is 1. The lowest BCUT2D eigenvalue weighted by Gasteiger charge is -1.98. The maximum Gasteiger partial charge on any atom is 0.0728 e. The molecule has 0 aliphatic heterocycles. The molecule has 2 nitrogen and oxygen atoms in total. The Morgan fingerprint density at radius 2 is 2.13 bits per heavy atom. The molecule has 1 aromatic carbocycles. The summed E-state index contributed by atoms with van der Waals surface area (Å²) in [6.07, 6.45) is 1.88. The third-order valence-electron chi connectivity index (χ3n) is 2.54. The van der Waals surface area contributed by atoms with Gasteiger partial charge in [0.05, 0.1) is 17.8 Å². The van der Waals surface area contributed by atoms with Crippen molar-refractivity contribution < 1.29 is 0 Å². The monoisotopic (exact) mass is 200 g/mol. The molecule has 0 saturated carbocycles. The van der Waals surface area contributed by atoms with Crippen molar-refractivity contribution in [2.24, 2.45) is 0 Å². The number of nitrogens with zero attached hydrogens (tertiary/aromatic N) is 2. The van der Waals surface area contributed by atoms with Crippen molar-refractivity contribution in [3.63, 3.8) is 0 Å². The number of aromatic nitrogens is 2. The number of fused-ring (bicyclic) bond motifs is 1. The van der Waals surface area contributed by atoms with Gasteiger partial charge < -0.3 is 0 Å². The largest absolute Gasteiger partial charge is 0.261 e. The predicted molar refractivity (Wildman–Crippen MR) is 64.0 cm³/mol. The zero-order valence-corrected chi connectivity index (χ0v) is 9.27. The average molecular weight is 200 g/mol. The molecule has 0 saturated heterocycles. The second-order valence-corrected chi connectivity index (χ2v) is 4.03. The second kappa shape index (κ2) is 3.89. The first kappa shape index (κ1) is 9.97. The molecule has 0 spiro atoms. The van der Waals surface area contributed by atoms with Gasteiger partial charge in [-0.3, -0.25) is 4.68 Å². The molecule has 0 aliphatic rings. The highest BCUT2D eigenvalue weighted by Crippen LogP contribution is 2.24.